The van der Waals surface area contributed by atoms with E-state index in [0.29, 0.717) is 5.82 Å². The molecule has 0 aliphatic heterocycles. The fourth-order valence-corrected chi connectivity index (χ4v) is 4.91. The number of hydrogen-bond donors (Lipinski definition) is 3. The van der Waals surface area contributed by atoms with Crippen LogP contribution in [0.4, 0.5) is 10.6 Å². The van der Waals surface area contributed by atoms with Crippen molar-refractivity contribution < 1.29 is 9.59 Å². The van der Waals surface area contributed by atoms with E-state index in [9.17, 15) is 9.59 Å². The van der Waals surface area contributed by atoms with E-state index in [0.717, 1.165) is 34.7 Å². The summed E-state index contributed by atoms with van der Waals surface area (Å²) in [6, 6.07) is 21.1. The topological polar surface area (TPSA) is 102 Å². The maximum Gasteiger partial charge on any atom is 0.320 e. The van der Waals surface area contributed by atoms with Gasteiger partial charge in [0.25, 0.3) is 0 Å². The number of nitrogens with two attached hydrogens (primary N) is 1. The van der Waals surface area contributed by atoms with Crippen molar-refractivity contribution in [3.05, 3.63) is 88.8 Å². The van der Waals surface area contributed by atoms with Gasteiger partial charge in [0.05, 0.1) is 23.0 Å². The molecular formula is C25H23N5O2S. The Morgan fingerprint density at radius 2 is 1.97 bits per heavy atom. The molecule has 4 aromatic rings. The largest absolute Gasteiger partial charge is 0.369 e. The number of anilines is 1. The normalized spacial score (nSPS) is 14.6. The molecule has 0 fully saturated rings. The number of urea groups is 1. The average Bonchev–Trinajstić information content (AvgIpc) is 3.54. The van der Waals surface area contributed by atoms with Crippen LogP contribution in [0.15, 0.2) is 72.1 Å². The zero-order chi connectivity index (χ0) is 22.8. The van der Waals surface area contributed by atoms with Crippen LogP contribution in [0, 0.1) is 0 Å². The second-order valence-electron chi connectivity index (χ2n) is 8.01. The van der Waals surface area contributed by atoms with Gasteiger partial charge in [-0.3, -0.25) is 10.1 Å². The Labute approximate surface area is 195 Å². The fourth-order valence-electron chi connectivity index (χ4n) is 4.23. The standard InChI is InChI=1S/C25H23N5O2S/c26-23(31)14-16-5-3-7-18(13-16)30-24(15-21(29-30)22-9-4-12-33-22)28-25(32)27-20-11-10-17-6-1-2-8-19(17)20/h1-9,12-13,15,20H,10-11,14H2,(H2,26,31)(H2,27,28,32). The van der Waals surface area contributed by atoms with Crippen LogP contribution in [0.1, 0.15) is 29.2 Å². The molecule has 1 aliphatic carbocycles. The quantitative estimate of drug-likeness (QED) is 0.399. The van der Waals surface area contributed by atoms with Crippen molar-refractivity contribution >= 4 is 29.1 Å². The molecule has 1 atom stereocenters. The molecule has 0 spiro atoms. The molecule has 1 aliphatic rings. The van der Waals surface area contributed by atoms with E-state index < -0.39 is 5.91 Å². The number of primary amides is 1. The molecule has 0 bridgehead atoms. The molecule has 3 amide bonds. The minimum atomic E-state index is -0.401. The summed E-state index contributed by atoms with van der Waals surface area (Å²) in [4.78, 5) is 25.3. The summed E-state index contributed by atoms with van der Waals surface area (Å²) in [6.45, 7) is 0. The fraction of sp³-hybridized carbons (Fsp3) is 0.160. The highest BCUT2D eigenvalue weighted by Crippen LogP contribution is 2.31. The average molecular weight is 458 g/mol. The molecule has 8 heteroatoms. The summed E-state index contributed by atoms with van der Waals surface area (Å²) in [5.41, 5.74) is 10.1. The van der Waals surface area contributed by atoms with E-state index in [4.69, 9.17) is 10.8 Å². The number of nitrogens with zero attached hydrogens (tertiary/aromatic N) is 2. The Bertz CT molecular complexity index is 1310. The lowest BCUT2D eigenvalue weighted by Crippen LogP contribution is -2.32. The van der Waals surface area contributed by atoms with Crippen LogP contribution in [-0.2, 0) is 17.6 Å². The second kappa shape index (κ2) is 8.91. The molecule has 4 N–H and O–H groups in total. The van der Waals surface area contributed by atoms with Crippen molar-refractivity contribution in [2.45, 2.75) is 25.3 Å². The summed E-state index contributed by atoms with van der Waals surface area (Å²) in [5.74, 6) is 0.139. The smallest absolute Gasteiger partial charge is 0.320 e. The van der Waals surface area contributed by atoms with Gasteiger partial charge in [0.1, 0.15) is 11.5 Å². The predicted molar refractivity (Wildman–Crippen MR) is 129 cm³/mol. The summed E-state index contributed by atoms with van der Waals surface area (Å²) in [6.07, 6.45) is 1.97. The Balaban J connectivity index is 1.43. The van der Waals surface area contributed by atoms with Gasteiger partial charge in [-0.15, -0.1) is 11.3 Å². The molecule has 0 radical (unpaired) electrons. The lowest BCUT2D eigenvalue weighted by atomic mass is 10.1. The first kappa shape index (κ1) is 21.0. The number of aryl methyl sites for hydroxylation is 1. The van der Waals surface area contributed by atoms with Crippen molar-refractivity contribution in [2.75, 3.05) is 5.32 Å². The van der Waals surface area contributed by atoms with E-state index in [1.165, 1.54) is 11.1 Å². The summed E-state index contributed by atoms with van der Waals surface area (Å²) in [7, 11) is 0. The van der Waals surface area contributed by atoms with Gasteiger partial charge in [-0.1, -0.05) is 42.5 Å². The van der Waals surface area contributed by atoms with E-state index >= 15 is 0 Å². The van der Waals surface area contributed by atoms with E-state index in [2.05, 4.69) is 22.8 Å². The number of benzene rings is 2. The van der Waals surface area contributed by atoms with Crippen molar-refractivity contribution in [3.8, 4) is 16.3 Å². The number of carbonyl (C=O) groups is 2. The number of thiophene rings is 1. The molecule has 7 nitrogen and oxygen atoms in total. The molecule has 2 aromatic heterocycles. The van der Waals surface area contributed by atoms with Gasteiger partial charge in [-0.2, -0.15) is 5.10 Å². The first-order valence-electron chi connectivity index (χ1n) is 10.7. The number of fused-ring (bicyclic) bond motifs is 1. The number of nitrogens with one attached hydrogen (secondary N) is 2. The first-order valence-corrected chi connectivity index (χ1v) is 11.6. The molecule has 33 heavy (non-hydrogen) atoms. The van der Waals surface area contributed by atoms with Crippen molar-refractivity contribution in [3.63, 3.8) is 0 Å². The number of rotatable bonds is 6. The van der Waals surface area contributed by atoms with Gasteiger partial charge in [0, 0.05) is 6.07 Å². The molecule has 2 aromatic carbocycles. The minimum absolute atomic E-state index is 0.0202. The van der Waals surface area contributed by atoms with E-state index in [1.54, 1.807) is 16.0 Å². The third-order valence-electron chi connectivity index (χ3n) is 5.70. The Kier molecular flexibility index (Phi) is 5.66. The minimum Gasteiger partial charge on any atom is -0.369 e. The Hall–Kier alpha value is -3.91. The number of carbonyl (C=O) groups excluding carboxylic acids is 2. The highest BCUT2D eigenvalue weighted by Gasteiger charge is 2.24. The number of aromatic nitrogens is 2. The summed E-state index contributed by atoms with van der Waals surface area (Å²) < 4.78 is 1.68. The van der Waals surface area contributed by atoms with Gasteiger partial charge < -0.3 is 11.1 Å². The highest BCUT2D eigenvalue weighted by atomic mass is 32.1. The predicted octanol–water partition coefficient (Wildman–Crippen LogP) is 4.44. The van der Waals surface area contributed by atoms with Gasteiger partial charge in [-0.25, -0.2) is 9.48 Å². The molecule has 2 heterocycles. The molecule has 1 unspecified atom stereocenters. The molecule has 0 saturated heterocycles. The van der Waals surface area contributed by atoms with Gasteiger partial charge in [-0.05, 0) is 53.1 Å². The summed E-state index contributed by atoms with van der Waals surface area (Å²) >= 11 is 1.58. The van der Waals surface area contributed by atoms with E-state index in [-0.39, 0.29) is 18.5 Å². The third-order valence-corrected chi connectivity index (χ3v) is 6.59. The third kappa shape index (κ3) is 4.51. The lowest BCUT2D eigenvalue weighted by Gasteiger charge is -2.15. The van der Waals surface area contributed by atoms with Crippen LogP contribution >= 0.6 is 11.3 Å². The zero-order valence-corrected chi connectivity index (χ0v) is 18.6. The van der Waals surface area contributed by atoms with Crippen LogP contribution in [0.2, 0.25) is 0 Å². The highest BCUT2D eigenvalue weighted by molar-refractivity contribution is 7.13. The first-order chi connectivity index (χ1) is 16.1. The SMILES string of the molecule is NC(=O)Cc1cccc(-n2nc(-c3cccs3)cc2NC(=O)NC2CCc3ccccc32)c1. The second-order valence-corrected chi connectivity index (χ2v) is 8.95. The number of amides is 3. The Morgan fingerprint density at radius 1 is 1.09 bits per heavy atom. The van der Waals surface area contributed by atoms with E-state index in [1.807, 2.05) is 60.0 Å². The van der Waals surface area contributed by atoms with Crippen molar-refractivity contribution in [1.29, 1.82) is 0 Å². The summed E-state index contributed by atoms with van der Waals surface area (Å²) in [5, 5.41) is 12.8. The molecule has 0 saturated carbocycles. The van der Waals surface area contributed by atoms with Gasteiger partial charge in [0.2, 0.25) is 5.91 Å². The van der Waals surface area contributed by atoms with Gasteiger partial charge >= 0.3 is 6.03 Å². The van der Waals surface area contributed by atoms with Crippen LogP contribution in [0.25, 0.3) is 16.3 Å². The van der Waals surface area contributed by atoms with Gasteiger partial charge in [0.15, 0.2) is 0 Å². The lowest BCUT2D eigenvalue weighted by molar-refractivity contribution is -0.117. The van der Waals surface area contributed by atoms with Crippen molar-refractivity contribution in [1.82, 2.24) is 15.1 Å². The van der Waals surface area contributed by atoms with Crippen molar-refractivity contribution in [2.24, 2.45) is 5.73 Å². The van der Waals surface area contributed by atoms with Crippen LogP contribution < -0.4 is 16.4 Å². The Morgan fingerprint density at radius 3 is 2.79 bits per heavy atom. The number of hydrogen-bond acceptors (Lipinski definition) is 4. The van der Waals surface area contributed by atoms with Crippen LogP contribution in [-0.4, -0.2) is 21.7 Å². The maximum absolute atomic E-state index is 12.9. The van der Waals surface area contributed by atoms with Crippen LogP contribution in [0.3, 0.4) is 0 Å². The molecule has 5 rings (SSSR count). The molecule has 166 valence electrons. The maximum atomic E-state index is 12.9. The van der Waals surface area contributed by atoms with Crippen LogP contribution in [0.5, 0.6) is 0 Å². The zero-order valence-electron chi connectivity index (χ0n) is 17.8. The molecular weight excluding hydrogens is 434 g/mol. The monoisotopic (exact) mass is 457 g/mol.